The molecule has 4 aromatic rings. The number of carbonyl (C=O) groups is 1. The van der Waals surface area contributed by atoms with Gasteiger partial charge in [0, 0.05) is 67.8 Å². The standard InChI is InChI=1S/C28H22F3N5O/c29-28(30,31)25-17-22(7-10-24(25)27(37)36-15-11-32-12-16-36)26-33-18-21(19-34-26)4-3-20-5-8-23(9-6-20)35-13-1-2-14-35/h1-2,5-10,13-14,17-19,32H,11-12,15-16H2. The van der Waals surface area contributed by atoms with Crippen molar-refractivity contribution in [2.24, 2.45) is 0 Å². The molecule has 6 nitrogen and oxygen atoms in total. The Morgan fingerprint density at radius 1 is 0.892 bits per heavy atom. The Kier molecular flexibility index (Phi) is 6.75. The second-order valence-corrected chi connectivity index (χ2v) is 8.48. The Hall–Kier alpha value is -4.42. The Morgan fingerprint density at radius 2 is 1.54 bits per heavy atom. The van der Waals surface area contributed by atoms with E-state index in [9.17, 15) is 18.0 Å². The number of nitrogens with one attached hydrogen (secondary N) is 1. The number of hydrogen-bond acceptors (Lipinski definition) is 4. The maximum atomic E-state index is 13.9. The SMILES string of the molecule is O=C(c1ccc(-c2ncc(C#Cc3ccc(-n4cccc4)cc3)cn2)cc1C(F)(F)F)N1CCNCC1. The average molecular weight is 502 g/mol. The molecule has 5 rings (SSSR count). The molecule has 1 fully saturated rings. The van der Waals surface area contributed by atoms with Crippen LogP contribution in [0.15, 0.2) is 79.4 Å². The molecule has 0 radical (unpaired) electrons. The Labute approximate surface area is 211 Å². The number of amides is 1. The van der Waals surface area contributed by atoms with Crippen LogP contribution in [0.1, 0.15) is 27.0 Å². The van der Waals surface area contributed by atoms with Gasteiger partial charge in [-0.25, -0.2) is 9.97 Å². The van der Waals surface area contributed by atoms with Gasteiger partial charge >= 0.3 is 6.18 Å². The molecule has 1 N–H and O–H groups in total. The fourth-order valence-corrected chi connectivity index (χ4v) is 4.05. The van der Waals surface area contributed by atoms with Crippen molar-refractivity contribution in [3.05, 3.63) is 102 Å². The molecule has 1 amide bonds. The summed E-state index contributed by atoms with van der Waals surface area (Å²) in [6, 6.07) is 15.2. The molecule has 1 saturated heterocycles. The predicted molar refractivity (Wildman–Crippen MR) is 133 cm³/mol. The van der Waals surface area contributed by atoms with Crippen LogP contribution in [0, 0.1) is 11.8 Å². The number of hydrogen-bond donors (Lipinski definition) is 1. The van der Waals surface area contributed by atoms with Crippen LogP contribution < -0.4 is 5.32 Å². The summed E-state index contributed by atoms with van der Waals surface area (Å²) >= 11 is 0. The number of halogens is 3. The van der Waals surface area contributed by atoms with Crippen molar-refractivity contribution in [2.45, 2.75) is 6.18 Å². The Morgan fingerprint density at radius 3 is 2.19 bits per heavy atom. The van der Waals surface area contributed by atoms with Gasteiger partial charge in [0.15, 0.2) is 5.82 Å². The summed E-state index contributed by atoms with van der Waals surface area (Å²) in [6.45, 7) is 1.82. The highest BCUT2D eigenvalue weighted by atomic mass is 19.4. The van der Waals surface area contributed by atoms with E-state index in [0.29, 0.717) is 31.7 Å². The van der Waals surface area contributed by atoms with E-state index in [2.05, 4.69) is 27.1 Å². The molecule has 2 aromatic carbocycles. The Balaban J connectivity index is 1.35. The van der Waals surface area contributed by atoms with Gasteiger partial charge in [-0.3, -0.25) is 4.79 Å². The minimum Gasteiger partial charge on any atom is -0.336 e. The van der Waals surface area contributed by atoms with E-state index < -0.39 is 17.6 Å². The first kappa shape index (κ1) is 24.3. The highest BCUT2D eigenvalue weighted by Crippen LogP contribution is 2.35. The smallest absolute Gasteiger partial charge is 0.336 e. The van der Waals surface area contributed by atoms with Crippen LogP contribution in [-0.4, -0.2) is 51.5 Å². The lowest BCUT2D eigenvalue weighted by atomic mass is 10.0. The second kappa shape index (κ2) is 10.3. The van der Waals surface area contributed by atoms with Crippen molar-refractivity contribution in [3.8, 4) is 28.9 Å². The van der Waals surface area contributed by atoms with E-state index in [1.807, 2.05) is 53.4 Å². The van der Waals surface area contributed by atoms with Crippen LogP contribution in [-0.2, 0) is 6.18 Å². The van der Waals surface area contributed by atoms with E-state index in [4.69, 9.17) is 0 Å². The average Bonchev–Trinajstić information content (AvgIpc) is 3.47. The van der Waals surface area contributed by atoms with Crippen LogP contribution in [0.25, 0.3) is 17.1 Å². The van der Waals surface area contributed by atoms with E-state index >= 15 is 0 Å². The molecular weight excluding hydrogens is 479 g/mol. The molecule has 0 bridgehead atoms. The van der Waals surface area contributed by atoms with Crippen molar-refractivity contribution >= 4 is 5.91 Å². The number of carbonyl (C=O) groups excluding carboxylic acids is 1. The highest BCUT2D eigenvalue weighted by Gasteiger charge is 2.37. The zero-order valence-electron chi connectivity index (χ0n) is 19.7. The maximum Gasteiger partial charge on any atom is 0.417 e. The van der Waals surface area contributed by atoms with Gasteiger partial charge in [-0.2, -0.15) is 13.2 Å². The summed E-state index contributed by atoms with van der Waals surface area (Å²) in [5.74, 6) is 5.50. The minimum atomic E-state index is -4.70. The van der Waals surface area contributed by atoms with E-state index in [0.717, 1.165) is 17.3 Å². The van der Waals surface area contributed by atoms with Gasteiger partial charge in [-0.05, 0) is 48.5 Å². The van der Waals surface area contributed by atoms with Crippen LogP contribution in [0.2, 0.25) is 0 Å². The zero-order valence-corrected chi connectivity index (χ0v) is 19.7. The van der Waals surface area contributed by atoms with Gasteiger partial charge in [0.25, 0.3) is 5.91 Å². The summed E-state index contributed by atoms with van der Waals surface area (Å²) in [6.07, 6.45) is 2.15. The second-order valence-electron chi connectivity index (χ2n) is 8.48. The fourth-order valence-electron chi connectivity index (χ4n) is 4.05. The number of benzene rings is 2. The Bertz CT molecular complexity index is 1450. The minimum absolute atomic E-state index is 0.119. The van der Waals surface area contributed by atoms with Gasteiger partial charge in [-0.15, -0.1) is 0 Å². The third-order valence-corrected chi connectivity index (χ3v) is 5.99. The summed E-state index contributed by atoms with van der Waals surface area (Å²) in [5, 5.41) is 3.08. The number of rotatable bonds is 3. The van der Waals surface area contributed by atoms with Gasteiger partial charge in [0.1, 0.15) is 0 Å². The quantitative estimate of drug-likeness (QED) is 0.423. The van der Waals surface area contributed by atoms with Crippen molar-refractivity contribution in [1.82, 2.24) is 24.8 Å². The normalized spacial score (nSPS) is 13.6. The number of nitrogens with zero attached hydrogens (tertiary/aromatic N) is 4. The van der Waals surface area contributed by atoms with Gasteiger partial charge in [0.05, 0.1) is 16.7 Å². The summed E-state index contributed by atoms with van der Waals surface area (Å²) in [7, 11) is 0. The third kappa shape index (κ3) is 5.55. The lowest BCUT2D eigenvalue weighted by molar-refractivity contribution is -0.138. The molecule has 0 atom stereocenters. The van der Waals surface area contributed by atoms with Crippen molar-refractivity contribution in [3.63, 3.8) is 0 Å². The lowest BCUT2D eigenvalue weighted by Gasteiger charge is -2.28. The van der Waals surface area contributed by atoms with Gasteiger partial charge in [-0.1, -0.05) is 17.9 Å². The number of piperazine rings is 1. The molecule has 0 aliphatic carbocycles. The molecule has 1 aliphatic heterocycles. The van der Waals surface area contributed by atoms with E-state index in [-0.39, 0.29) is 17.0 Å². The molecule has 0 saturated carbocycles. The van der Waals surface area contributed by atoms with Crippen LogP contribution >= 0.6 is 0 Å². The highest BCUT2D eigenvalue weighted by molar-refractivity contribution is 5.96. The molecule has 186 valence electrons. The molecule has 37 heavy (non-hydrogen) atoms. The predicted octanol–water partition coefficient (Wildman–Crippen LogP) is 4.40. The van der Waals surface area contributed by atoms with Crippen molar-refractivity contribution in [1.29, 1.82) is 0 Å². The van der Waals surface area contributed by atoms with Crippen molar-refractivity contribution < 1.29 is 18.0 Å². The first-order valence-corrected chi connectivity index (χ1v) is 11.7. The fraction of sp³-hybridized carbons (Fsp3) is 0.179. The van der Waals surface area contributed by atoms with Crippen LogP contribution in [0.4, 0.5) is 13.2 Å². The topological polar surface area (TPSA) is 63.1 Å². The monoisotopic (exact) mass is 501 g/mol. The van der Waals surface area contributed by atoms with Gasteiger partial charge in [0.2, 0.25) is 0 Å². The van der Waals surface area contributed by atoms with Crippen LogP contribution in [0.5, 0.6) is 0 Å². The number of alkyl halides is 3. The molecular formula is C28H22F3N5O. The first-order valence-electron chi connectivity index (χ1n) is 11.7. The maximum absolute atomic E-state index is 13.9. The van der Waals surface area contributed by atoms with E-state index in [1.165, 1.54) is 29.4 Å². The first-order chi connectivity index (χ1) is 17.9. The lowest BCUT2D eigenvalue weighted by Crippen LogP contribution is -2.46. The van der Waals surface area contributed by atoms with E-state index in [1.54, 1.807) is 0 Å². The largest absolute Gasteiger partial charge is 0.417 e. The molecule has 9 heteroatoms. The number of aromatic nitrogens is 3. The molecule has 3 heterocycles. The zero-order chi connectivity index (χ0) is 25.8. The molecule has 1 aliphatic rings. The molecule has 2 aromatic heterocycles. The van der Waals surface area contributed by atoms with Gasteiger partial charge < -0.3 is 14.8 Å². The molecule has 0 unspecified atom stereocenters. The summed E-state index contributed by atoms with van der Waals surface area (Å²) < 4.78 is 43.6. The van der Waals surface area contributed by atoms with Crippen LogP contribution in [0.3, 0.4) is 0 Å². The summed E-state index contributed by atoms with van der Waals surface area (Å²) in [5.41, 5.74) is 1.15. The van der Waals surface area contributed by atoms with Crippen molar-refractivity contribution in [2.75, 3.05) is 26.2 Å². The molecule has 0 spiro atoms. The summed E-state index contributed by atoms with van der Waals surface area (Å²) in [4.78, 5) is 22.6. The third-order valence-electron chi connectivity index (χ3n) is 5.99.